The van der Waals surface area contributed by atoms with Crippen molar-refractivity contribution in [1.82, 2.24) is 0 Å². The molecule has 1 aliphatic rings. The number of esters is 1. The molecule has 2 unspecified atom stereocenters. The van der Waals surface area contributed by atoms with E-state index in [1.54, 1.807) is 0 Å². The second kappa shape index (κ2) is 12.6. The highest BCUT2D eigenvalue weighted by Gasteiger charge is 2.17. The third-order valence-corrected chi connectivity index (χ3v) is 6.86. The molecule has 0 amide bonds. The van der Waals surface area contributed by atoms with Gasteiger partial charge in [0.05, 0.1) is 0 Å². The zero-order chi connectivity index (χ0) is 22.8. The van der Waals surface area contributed by atoms with Crippen LogP contribution in [0.1, 0.15) is 90.5 Å². The van der Waals surface area contributed by atoms with Crippen molar-refractivity contribution in [2.75, 3.05) is 0 Å². The molecule has 2 nitrogen and oxygen atoms in total. The molecule has 2 aromatic rings. The van der Waals surface area contributed by atoms with Crippen LogP contribution >= 0.6 is 0 Å². The molecule has 0 spiro atoms. The number of rotatable bonds is 11. The van der Waals surface area contributed by atoms with E-state index in [2.05, 4.69) is 51.1 Å². The Morgan fingerprint density at radius 3 is 2.19 bits per heavy atom. The molecule has 0 fully saturated rings. The summed E-state index contributed by atoms with van der Waals surface area (Å²) in [7, 11) is 0. The van der Waals surface area contributed by atoms with Crippen molar-refractivity contribution in [3.8, 4) is 16.9 Å². The van der Waals surface area contributed by atoms with E-state index in [9.17, 15) is 4.79 Å². The van der Waals surface area contributed by atoms with Gasteiger partial charge in [-0.25, -0.2) is 0 Å². The van der Waals surface area contributed by atoms with Crippen LogP contribution in [0.4, 0.5) is 0 Å². The molecule has 0 aromatic heterocycles. The average Bonchev–Trinajstić information content (AvgIpc) is 2.83. The first-order chi connectivity index (χ1) is 15.6. The second-order valence-corrected chi connectivity index (χ2v) is 9.51. The number of hydrogen-bond donors (Lipinski definition) is 0. The molecule has 0 heterocycles. The molecule has 0 N–H and O–H groups in total. The number of allylic oxidation sites excluding steroid dienone is 2. The van der Waals surface area contributed by atoms with Crippen molar-refractivity contribution in [1.29, 1.82) is 0 Å². The Morgan fingerprint density at radius 2 is 1.59 bits per heavy atom. The lowest BCUT2D eigenvalue weighted by molar-refractivity contribution is -0.134. The van der Waals surface area contributed by atoms with Crippen LogP contribution in [0.15, 0.2) is 54.6 Å². The van der Waals surface area contributed by atoms with E-state index >= 15 is 0 Å². The maximum absolute atomic E-state index is 12.0. The van der Waals surface area contributed by atoms with Gasteiger partial charge in [0.2, 0.25) is 0 Å². The number of ether oxygens (including phenoxy) is 1. The number of carbonyl (C=O) groups excluding carboxylic acids is 1. The minimum absolute atomic E-state index is 0.134. The van der Waals surface area contributed by atoms with Gasteiger partial charge < -0.3 is 4.74 Å². The number of benzene rings is 2. The van der Waals surface area contributed by atoms with Crippen molar-refractivity contribution in [3.05, 3.63) is 60.2 Å². The summed E-state index contributed by atoms with van der Waals surface area (Å²) >= 11 is 0. The molecule has 2 heteroatoms. The first-order valence-electron chi connectivity index (χ1n) is 12.7. The van der Waals surface area contributed by atoms with Crippen molar-refractivity contribution in [3.63, 3.8) is 0 Å². The quantitative estimate of drug-likeness (QED) is 0.201. The summed E-state index contributed by atoms with van der Waals surface area (Å²) in [5.74, 6) is 2.20. The van der Waals surface area contributed by atoms with Gasteiger partial charge in [0.25, 0.3) is 0 Å². The van der Waals surface area contributed by atoms with Crippen LogP contribution in [0.5, 0.6) is 5.75 Å². The van der Waals surface area contributed by atoms with Gasteiger partial charge in [0.15, 0.2) is 0 Å². The Labute approximate surface area is 195 Å². The number of unbranched alkanes of at least 4 members (excludes halogenated alkanes) is 3. The minimum Gasteiger partial charge on any atom is -0.427 e. The highest BCUT2D eigenvalue weighted by Crippen LogP contribution is 2.34. The lowest BCUT2D eigenvalue weighted by atomic mass is 9.81. The predicted molar refractivity (Wildman–Crippen MR) is 136 cm³/mol. The Morgan fingerprint density at radius 1 is 0.938 bits per heavy atom. The van der Waals surface area contributed by atoms with E-state index in [4.69, 9.17) is 4.74 Å². The summed E-state index contributed by atoms with van der Waals surface area (Å²) in [5, 5.41) is 0. The van der Waals surface area contributed by atoms with E-state index in [0.29, 0.717) is 12.2 Å². The van der Waals surface area contributed by atoms with Gasteiger partial charge in [0.1, 0.15) is 5.75 Å². The van der Waals surface area contributed by atoms with E-state index in [1.807, 2.05) is 24.3 Å². The molecular formula is C30H40O2. The Balaban J connectivity index is 1.53. The maximum atomic E-state index is 12.0. The van der Waals surface area contributed by atoms with Crippen LogP contribution in [-0.4, -0.2) is 5.97 Å². The highest BCUT2D eigenvalue weighted by atomic mass is 16.5. The summed E-state index contributed by atoms with van der Waals surface area (Å²) in [6, 6.07) is 16.8. The van der Waals surface area contributed by atoms with Gasteiger partial charge in [0, 0.05) is 6.42 Å². The third-order valence-electron chi connectivity index (χ3n) is 6.86. The highest BCUT2D eigenvalue weighted by molar-refractivity contribution is 5.74. The molecule has 3 rings (SSSR count). The molecule has 2 atom stereocenters. The van der Waals surface area contributed by atoms with Gasteiger partial charge in [-0.1, -0.05) is 88.9 Å². The second-order valence-electron chi connectivity index (χ2n) is 9.51. The van der Waals surface area contributed by atoms with E-state index in [1.165, 1.54) is 61.6 Å². The van der Waals surface area contributed by atoms with Gasteiger partial charge in [-0.2, -0.15) is 0 Å². The van der Waals surface area contributed by atoms with Crippen molar-refractivity contribution in [2.45, 2.75) is 85.0 Å². The lowest BCUT2D eigenvalue weighted by Crippen LogP contribution is -2.09. The van der Waals surface area contributed by atoms with Crippen LogP contribution in [0, 0.1) is 11.8 Å². The largest absolute Gasteiger partial charge is 0.427 e. The Bertz CT molecular complexity index is 861. The summed E-state index contributed by atoms with van der Waals surface area (Å²) in [5.41, 5.74) is 5.19. The zero-order valence-electron chi connectivity index (χ0n) is 20.2. The fourth-order valence-corrected chi connectivity index (χ4v) is 4.57. The summed E-state index contributed by atoms with van der Waals surface area (Å²) in [6.45, 7) is 6.85. The molecule has 0 bridgehead atoms. The molecular weight excluding hydrogens is 392 g/mol. The average molecular weight is 433 g/mol. The van der Waals surface area contributed by atoms with E-state index in [0.717, 1.165) is 30.2 Å². The summed E-state index contributed by atoms with van der Waals surface area (Å²) < 4.78 is 5.48. The van der Waals surface area contributed by atoms with E-state index in [-0.39, 0.29) is 5.97 Å². The standard InChI is InChI=1S/C30H40O2/c1-4-6-7-8-9-30(31)32-29-20-18-28(19-21-29)27-16-14-26(15-17-27)25-12-10-24(11-13-25)22-23(3)5-2/h12,14-21,23-24H,4-11,13,22H2,1-3H3. The van der Waals surface area contributed by atoms with Crippen LogP contribution in [-0.2, 0) is 4.79 Å². The van der Waals surface area contributed by atoms with Crippen LogP contribution < -0.4 is 4.74 Å². The fourth-order valence-electron chi connectivity index (χ4n) is 4.57. The smallest absolute Gasteiger partial charge is 0.311 e. The van der Waals surface area contributed by atoms with Crippen molar-refractivity contribution in [2.24, 2.45) is 11.8 Å². The molecule has 2 aromatic carbocycles. The first-order valence-corrected chi connectivity index (χ1v) is 12.7. The zero-order valence-corrected chi connectivity index (χ0v) is 20.2. The molecule has 0 aliphatic heterocycles. The summed E-state index contributed by atoms with van der Waals surface area (Å²) in [4.78, 5) is 12.0. The van der Waals surface area contributed by atoms with Crippen LogP contribution in [0.2, 0.25) is 0 Å². The Kier molecular flexibility index (Phi) is 9.59. The SMILES string of the molecule is CCCCCCC(=O)Oc1ccc(-c2ccc(C3=CCC(CC(C)CC)CC3)cc2)cc1. The van der Waals surface area contributed by atoms with Crippen LogP contribution in [0.3, 0.4) is 0 Å². The van der Waals surface area contributed by atoms with Gasteiger partial charge in [-0.15, -0.1) is 0 Å². The fraction of sp³-hybridized carbons (Fsp3) is 0.500. The molecule has 0 radical (unpaired) electrons. The minimum atomic E-state index is -0.134. The molecule has 32 heavy (non-hydrogen) atoms. The van der Waals surface area contributed by atoms with Crippen molar-refractivity contribution >= 4 is 11.5 Å². The molecule has 0 saturated heterocycles. The normalized spacial score (nSPS) is 17.0. The topological polar surface area (TPSA) is 26.3 Å². The third kappa shape index (κ3) is 7.36. The Hall–Kier alpha value is -2.35. The first kappa shape index (κ1) is 24.3. The number of hydrogen-bond acceptors (Lipinski definition) is 2. The number of carbonyl (C=O) groups is 1. The lowest BCUT2D eigenvalue weighted by Gasteiger charge is -2.24. The molecule has 172 valence electrons. The summed E-state index contributed by atoms with van der Waals surface area (Å²) in [6.07, 6.45) is 13.7. The van der Waals surface area contributed by atoms with Gasteiger partial charge in [-0.3, -0.25) is 4.79 Å². The predicted octanol–water partition coefficient (Wildman–Crippen LogP) is 8.85. The van der Waals surface area contributed by atoms with Gasteiger partial charge >= 0.3 is 5.97 Å². The van der Waals surface area contributed by atoms with Gasteiger partial charge in [-0.05, 0) is 78.3 Å². The molecule has 1 aliphatic carbocycles. The monoisotopic (exact) mass is 432 g/mol. The molecule has 0 saturated carbocycles. The van der Waals surface area contributed by atoms with E-state index < -0.39 is 0 Å². The van der Waals surface area contributed by atoms with Crippen molar-refractivity contribution < 1.29 is 9.53 Å². The van der Waals surface area contributed by atoms with Crippen LogP contribution in [0.25, 0.3) is 16.7 Å². The maximum Gasteiger partial charge on any atom is 0.311 e.